The molecule has 0 N–H and O–H groups in total. The van der Waals surface area contributed by atoms with Crippen LogP contribution in [0.5, 0.6) is 11.5 Å². The largest absolute Gasteiger partial charge is 0.493 e. The summed E-state index contributed by atoms with van der Waals surface area (Å²) in [5, 5.41) is 0. The average molecular weight is 495 g/mol. The Balaban J connectivity index is 1.61. The lowest BCUT2D eigenvalue weighted by Gasteiger charge is -2.29. The smallest absolute Gasteiger partial charge is 0.247 e. The molecule has 0 atom stereocenters. The van der Waals surface area contributed by atoms with E-state index >= 15 is 0 Å². The molecule has 0 aliphatic carbocycles. The molecule has 0 unspecified atom stereocenters. The van der Waals surface area contributed by atoms with Gasteiger partial charge in [-0.2, -0.15) is 4.31 Å². The van der Waals surface area contributed by atoms with Gasteiger partial charge in [-0.25, -0.2) is 21.1 Å². The van der Waals surface area contributed by atoms with Gasteiger partial charge in [0, 0.05) is 13.1 Å². The number of methoxy groups -OCH3 is 2. The Morgan fingerprint density at radius 3 is 2.06 bits per heavy atom. The molecule has 0 saturated carbocycles. The number of sulfonamides is 2. The van der Waals surface area contributed by atoms with E-state index in [1.807, 2.05) is 6.07 Å². The van der Waals surface area contributed by atoms with Gasteiger partial charge in [-0.15, -0.1) is 0 Å². The fourth-order valence-electron chi connectivity index (χ4n) is 4.23. The van der Waals surface area contributed by atoms with Gasteiger partial charge < -0.3 is 9.47 Å². The lowest BCUT2D eigenvalue weighted by Crippen LogP contribution is -2.36. The Hall–Kier alpha value is -2.63. The molecular weight excluding hydrogens is 468 g/mol. The number of carbonyl (C=O) groups is 1. The van der Waals surface area contributed by atoms with Crippen LogP contribution in [-0.4, -0.2) is 53.6 Å². The summed E-state index contributed by atoms with van der Waals surface area (Å²) in [6.07, 6.45) is 0.516. The van der Waals surface area contributed by atoms with Crippen LogP contribution in [0.1, 0.15) is 25.0 Å². The van der Waals surface area contributed by atoms with Crippen molar-refractivity contribution < 1.29 is 31.1 Å². The van der Waals surface area contributed by atoms with E-state index in [1.54, 1.807) is 27.0 Å². The number of fused-ring (bicyclic) bond motifs is 1. The molecule has 1 amide bonds. The van der Waals surface area contributed by atoms with Gasteiger partial charge in [0.25, 0.3) is 0 Å². The molecule has 2 aromatic carbocycles. The summed E-state index contributed by atoms with van der Waals surface area (Å²) < 4.78 is 64.3. The molecule has 0 spiro atoms. The Kier molecular flexibility index (Phi) is 5.70. The monoisotopic (exact) mass is 494 g/mol. The summed E-state index contributed by atoms with van der Waals surface area (Å²) in [7, 11) is -4.57. The first-order chi connectivity index (χ1) is 15.4. The predicted octanol–water partition coefficient (Wildman–Crippen LogP) is 2.15. The normalized spacial score (nSPS) is 19.9. The third kappa shape index (κ3) is 3.98. The minimum atomic E-state index is -3.84. The maximum atomic E-state index is 13.3. The quantitative estimate of drug-likeness (QED) is 0.626. The van der Waals surface area contributed by atoms with Crippen LogP contribution in [0.15, 0.2) is 41.3 Å². The van der Waals surface area contributed by atoms with Crippen LogP contribution in [-0.2, 0) is 37.8 Å². The third-order valence-corrected chi connectivity index (χ3v) is 9.86. The van der Waals surface area contributed by atoms with Crippen molar-refractivity contribution in [2.75, 3.05) is 30.8 Å². The molecule has 9 nitrogen and oxygen atoms in total. The minimum Gasteiger partial charge on any atom is -0.493 e. The number of ether oxygens (including phenoxy) is 2. The van der Waals surface area contributed by atoms with Crippen LogP contribution < -0.4 is 13.8 Å². The van der Waals surface area contributed by atoms with Crippen LogP contribution >= 0.6 is 0 Å². The lowest BCUT2D eigenvalue weighted by molar-refractivity contribution is -0.123. The summed E-state index contributed by atoms with van der Waals surface area (Å²) in [4.78, 5) is 12.6. The highest BCUT2D eigenvalue weighted by Gasteiger charge is 2.50. The molecule has 178 valence electrons. The van der Waals surface area contributed by atoms with E-state index in [4.69, 9.17) is 9.47 Å². The molecular formula is C22H26N2O7S2. The van der Waals surface area contributed by atoms with Crippen LogP contribution in [0.3, 0.4) is 0 Å². The highest BCUT2D eigenvalue weighted by atomic mass is 32.2. The third-order valence-electron chi connectivity index (χ3n) is 5.98. The van der Waals surface area contributed by atoms with Crippen molar-refractivity contribution in [1.29, 1.82) is 0 Å². The number of amides is 1. The number of hydrogen-bond acceptors (Lipinski definition) is 7. The molecule has 4 rings (SSSR count). The zero-order valence-electron chi connectivity index (χ0n) is 18.9. The SMILES string of the molecule is COc1cc2c(cc1OC)CN(S(=O)(=O)c1ccc(N3C(=O)C(C)(C)CS3(=O)=O)cc1)CC2. The summed E-state index contributed by atoms with van der Waals surface area (Å²) in [5.41, 5.74) is 0.921. The maximum absolute atomic E-state index is 13.3. The highest BCUT2D eigenvalue weighted by molar-refractivity contribution is 7.94. The predicted molar refractivity (Wildman–Crippen MR) is 122 cm³/mol. The van der Waals surface area contributed by atoms with E-state index in [0.29, 0.717) is 24.5 Å². The number of carbonyl (C=O) groups excluding carboxylic acids is 1. The topological polar surface area (TPSA) is 110 Å². The van der Waals surface area contributed by atoms with Gasteiger partial charge in [-0.1, -0.05) is 0 Å². The molecule has 0 radical (unpaired) electrons. The van der Waals surface area contributed by atoms with E-state index in [0.717, 1.165) is 15.4 Å². The molecule has 1 fully saturated rings. The van der Waals surface area contributed by atoms with Crippen LogP contribution in [0.25, 0.3) is 0 Å². The molecule has 2 aliphatic rings. The van der Waals surface area contributed by atoms with Gasteiger partial charge in [-0.3, -0.25) is 4.79 Å². The van der Waals surface area contributed by atoms with Crippen molar-refractivity contribution in [2.45, 2.75) is 31.7 Å². The Labute approximate surface area is 194 Å². The first kappa shape index (κ1) is 23.5. The van der Waals surface area contributed by atoms with E-state index in [1.165, 1.54) is 35.7 Å². The number of nitrogens with zero attached hydrogens (tertiary/aromatic N) is 2. The second-order valence-corrected chi connectivity index (χ2v) is 12.5. The van der Waals surface area contributed by atoms with Crippen molar-refractivity contribution in [3.63, 3.8) is 0 Å². The maximum Gasteiger partial charge on any atom is 0.247 e. The summed E-state index contributed by atoms with van der Waals surface area (Å²) in [6, 6.07) is 9.03. The van der Waals surface area contributed by atoms with Gasteiger partial charge >= 0.3 is 0 Å². The summed E-state index contributed by atoms with van der Waals surface area (Å²) >= 11 is 0. The standard InChI is InChI=1S/C22H26N2O7S2/c1-22(2)14-32(26,27)24(21(22)25)17-5-7-18(8-6-17)33(28,29)23-10-9-15-11-19(30-3)20(31-4)12-16(15)13-23/h5-8,11-12H,9-10,13-14H2,1-4H3. The number of anilines is 1. The molecule has 0 aromatic heterocycles. The first-order valence-corrected chi connectivity index (χ1v) is 13.4. The van der Waals surface area contributed by atoms with Crippen molar-refractivity contribution in [2.24, 2.45) is 5.41 Å². The molecule has 33 heavy (non-hydrogen) atoms. The van der Waals surface area contributed by atoms with Gasteiger partial charge in [0.15, 0.2) is 11.5 Å². The van der Waals surface area contributed by atoms with Crippen molar-refractivity contribution in [3.8, 4) is 11.5 Å². The zero-order chi connectivity index (χ0) is 24.2. The van der Waals surface area contributed by atoms with Crippen LogP contribution in [0, 0.1) is 5.41 Å². The van der Waals surface area contributed by atoms with Gasteiger partial charge in [-0.05, 0) is 67.8 Å². The van der Waals surface area contributed by atoms with Crippen LogP contribution in [0.2, 0.25) is 0 Å². The second kappa shape index (κ2) is 8.00. The van der Waals surface area contributed by atoms with Gasteiger partial charge in [0.2, 0.25) is 26.0 Å². The Morgan fingerprint density at radius 1 is 0.970 bits per heavy atom. The van der Waals surface area contributed by atoms with Gasteiger partial charge in [0.1, 0.15) is 0 Å². The van der Waals surface area contributed by atoms with E-state index in [2.05, 4.69) is 0 Å². The zero-order valence-corrected chi connectivity index (χ0v) is 20.5. The lowest BCUT2D eigenvalue weighted by atomic mass is 9.95. The fourth-order valence-corrected chi connectivity index (χ4v) is 7.75. The van der Waals surface area contributed by atoms with E-state index in [-0.39, 0.29) is 22.9 Å². The average Bonchev–Trinajstić information content (AvgIpc) is 2.94. The van der Waals surface area contributed by atoms with Crippen molar-refractivity contribution in [1.82, 2.24) is 4.31 Å². The first-order valence-electron chi connectivity index (χ1n) is 10.3. The molecule has 0 bridgehead atoms. The van der Waals surface area contributed by atoms with E-state index in [9.17, 15) is 21.6 Å². The Morgan fingerprint density at radius 2 is 1.55 bits per heavy atom. The molecule has 2 aromatic rings. The summed E-state index contributed by atoms with van der Waals surface area (Å²) in [6.45, 7) is 3.61. The summed E-state index contributed by atoms with van der Waals surface area (Å²) in [5.74, 6) is 0.299. The van der Waals surface area contributed by atoms with Crippen molar-refractivity contribution >= 4 is 31.6 Å². The second-order valence-electron chi connectivity index (χ2n) is 8.77. The number of hydrogen-bond donors (Lipinski definition) is 0. The fraction of sp³-hybridized carbons (Fsp3) is 0.409. The molecule has 2 aliphatic heterocycles. The van der Waals surface area contributed by atoms with Crippen LogP contribution in [0.4, 0.5) is 5.69 Å². The molecule has 2 heterocycles. The Bertz CT molecular complexity index is 1320. The number of rotatable bonds is 5. The molecule has 1 saturated heterocycles. The van der Waals surface area contributed by atoms with E-state index < -0.39 is 31.4 Å². The minimum absolute atomic E-state index is 0.0264. The van der Waals surface area contributed by atoms with Gasteiger partial charge in [0.05, 0.1) is 36.0 Å². The highest BCUT2D eigenvalue weighted by Crippen LogP contribution is 2.37. The molecule has 11 heteroatoms. The van der Waals surface area contributed by atoms with Crippen molar-refractivity contribution in [3.05, 3.63) is 47.5 Å². The number of benzene rings is 2.